The first kappa shape index (κ1) is 17.9. The van der Waals surface area contributed by atoms with Gasteiger partial charge < -0.3 is 5.32 Å². The fourth-order valence-electron chi connectivity index (χ4n) is 2.23. The first-order valence-electron chi connectivity index (χ1n) is 7.73. The lowest BCUT2D eigenvalue weighted by molar-refractivity contribution is -0.115. The maximum atomic E-state index is 12.4. The summed E-state index contributed by atoms with van der Waals surface area (Å²) in [7, 11) is 0. The number of nitrogens with one attached hydrogen (secondary N) is 1. The molecule has 2 aromatic rings. The van der Waals surface area contributed by atoms with Gasteiger partial charge in [0.05, 0.1) is 5.25 Å². The Morgan fingerprint density at radius 1 is 1.09 bits per heavy atom. The molecule has 0 radical (unpaired) electrons. The second-order valence-corrected chi connectivity index (χ2v) is 7.58. The zero-order valence-corrected chi connectivity index (χ0v) is 15.2. The second-order valence-electron chi connectivity index (χ2n) is 5.81. The normalized spacial score (nSPS) is 12.2. The van der Waals surface area contributed by atoms with Crippen LogP contribution in [0.25, 0.3) is 0 Å². The van der Waals surface area contributed by atoms with Gasteiger partial charge >= 0.3 is 0 Å². The van der Waals surface area contributed by atoms with Gasteiger partial charge in [-0.25, -0.2) is 0 Å². The molecule has 2 aromatic carbocycles. The molecule has 0 saturated heterocycles. The molecule has 0 aliphatic heterocycles. The van der Waals surface area contributed by atoms with Gasteiger partial charge in [-0.15, -0.1) is 11.8 Å². The van der Waals surface area contributed by atoms with Crippen LogP contribution in [0, 0.1) is 0 Å². The molecule has 1 atom stereocenters. The van der Waals surface area contributed by atoms with Gasteiger partial charge in [0.1, 0.15) is 0 Å². The van der Waals surface area contributed by atoms with Crippen LogP contribution in [0.4, 0.5) is 5.69 Å². The van der Waals surface area contributed by atoms with Gasteiger partial charge in [0.15, 0.2) is 0 Å². The van der Waals surface area contributed by atoms with E-state index >= 15 is 0 Å². The maximum absolute atomic E-state index is 12.4. The summed E-state index contributed by atoms with van der Waals surface area (Å²) in [5.74, 6) is 1.21. The topological polar surface area (TPSA) is 29.1 Å². The third-order valence-corrected chi connectivity index (χ3v) is 5.09. The van der Waals surface area contributed by atoms with Crippen molar-refractivity contribution >= 4 is 35.0 Å². The molecule has 0 heterocycles. The molecule has 1 amide bonds. The summed E-state index contributed by atoms with van der Waals surface area (Å²) >= 11 is 7.51. The van der Waals surface area contributed by atoms with E-state index in [4.69, 9.17) is 11.6 Å². The standard InChI is InChI=1S/C19H22ClNOS/c1-13(2)17-6-4-5-7-18(17)21-19(22)14(3)23-12-15-8-10-16(20)11-9-15/h4-11,13-14H,12H2,1-3H3,(H,21,22)/t14-/m0/s1. The van der Waals surface area contributed by atoms with E-state index < -0.39 is 0 Å². The molecular formula is C19H22ClNOS. The van der Waals surface area contributed by atoms with E-state index in [-0.39, 0.29) is 11.2 Å². The highest BCUT2D eigenvalue weighted by Crippen LogP contribution is 2.25. The van der Waals surface area contributed by atoms with E-state index in [1.54, 1.807) is 11.8 Å². The fraction of sp³-hybridized carbons (Fsp3) is 0.316. The summed E-state index contributed by atoms with van der Waals surface area (Å²) in [5, 5.41) is 3.67. The van der Waals surface area contributed by atoms with Crippen LogP contribution in [-0.4, -0.2) is 11.2 Å². The molecule has 2 rings (SSSR count). The lowest BCUT2D eigenvalue weighted by atomic mass is 10.0. The van der Waals surface area contributed by atoms with Crippen LogP contribution >= 0.6 is 23.4 Å². The maximum Gasteiger partial charge on any atom is 0.237 e. The molecule has 122 valence electrons. The van der Waals surface area contributed by atoms with Crippen molar-refractivity contribution in [3.63, 3.8) is 0 Å². The Bertz CT molecular complexity index is 655. The van der Waals surface area contributed by atoms with Crippen LogP contribution < -0.4 is 5.32 Å². The van der Waals surface area contributed by atoms with Crippen LogP contribution in [0.5, 0.6) is 0 Å². The van der Waals surface area contributed by atoms with Crippen molar-refractivity contribution in [2.75, 3.05) is 5.32 Å². The van der Waals surface area contributed by atoms with Crippen LogP contribution in [0.2, 0.25) is 5.02 Å². The Morgan fingerprint density at radius 3 is 2.39 bits per heavy atom. The highest BCUT2D eigenvalue weighted by atomic mass is 35.5. The van der Waals surface area contributed by atoms with E-state index in [1.165, 1.54) is 5.56 Å². The van der Waals surface area contributed by atoms with Crippen molar-refractivity contribution < 1.29 is 4.79 Å². The van der Waals surface area contributed by atoms with Gasteiger partial charge in [0.25, 0.3) is 0 Å². The summed E-state index contributed by atoms with van der Waals surface area (Å²) in [5.41, 5.74) is 3.24. The first-order chi connectivity index (χ1) is 11.0. The van der Waals surface area contributed by atoms with Crippen molar-refractivity contribution in [2.45, 2.75) is 37.7 Å². The van der Waals surface area contributed by atoms with E-state index in [2.05, 4.69) is 25.2 Å². The molecule has 2 nitrogen and oxygen atoms in total. The summed E-state index contributed by atoms with van der Waals surface area (Å²) < 4.78 is 0. The fourth-order valence-corrected chi connectivity index (χ4v) is 3.20. The predicted octanol–water partition coefficient (Wildman–Crippen LogP) is 5.72. The Morgan fingerprint density at radius 2 is 1.74 bits per heavy atom. The first-order valence-corrected chi connectivity index (χ1v) is 9.16. The largest absolute Gasteiger partial charge is 0.325 e. The predicted molar refractivity (Wildman–Crippen MR) is 101 cm³/mol. The Hall–Kier alpha value is -1.45. The molecule has 1 N–H and O–H groups in total. The summed E-state index contributed by atoms with van der Waals surface area (Å²) in [6, 6.07) is 15.7. The molecule has 0 saturated carbocycles. The van der Waals surface area contributed by atoms with Crippen LogP contribution in [0.15, 0.2) is 48.5 Å². The smallest absolute Gasteiger partial charge is 0.237 e. The van der Waals surface area contributed by atoms with E-state index in [0.29, 0.717) is 5.92 Å². The molecule has 0 aliphatic rings. The van der Waals surface area contributed by atoms with E-state index in [1.807, 2.05) is 49.4 Å². The monoisotopic (exact) mass is 347 g/mol. The van der Waals surface area contributed by atoms with Gasteiger partial charge in [-0.2, -0.15) is 0 Å². The molecule has 0 aliphatic carbocycles. The Labute approximate surface area is 147 Å². The van der Waals surface area contributed by atoms with Crippen LogP contribution in [-0.2, 0) is 10.5 Å². The molecular weight excluding hydrogens is 326 g/mol. The number of halogens is 1. The van der Waals surface area contributed by atoms with Crippen LogP contribution in [0.1, 0.15) is 37.8 Å². The number of hydrogen-bond donors (Lipinski definition) is 1. The number of carbonyl (C=O) groups is 1. The second kappa shape index (κ2) is 8.42. The number of para-hydroxylation sites is 1. The van der Waals surface area contributed by atoms with Gasteiger partial charge in [0, 0.05) is 16.5 Å². The zero-order valence-electron chi connectivity index (χ0n) is 13.7. The van der Waals surface area contributed by atoms with Gasteiger partial charge in [-0.05, 0) is 42.2 Å². The summed E-state index contributed by atoms with van der Waals surface area (Å²) in [6.07, 6.45) is 0. The van der Waals surface area contributed by atoms with Crippen molar-refractivity contribution in [3.8, 4) is 0 Å². The highest BCUT2D eigenvalue weighted by Gasteiger charge is 2.15. The molecule has 0 spiro atoms. The minimum Gasteiger partial charge on any atom is -0.325 e. The van der Waals surface area contributed by atoms with Crippen molar-refractivity contribution in [2.24, 2.45) is 0 Å². The minimum absolute atomic E-state index is 0.0389. The van der Waals surface area contributed by atoms with Gasteiger partial charge in [-0.3, -0.25) is 4.79 Å². The Kier molecular flexibility index (Phi) is 6.55. The van der Waals surface area contributed by atoms with E-state index in [9.17, 15) is 4.79 Å². The lowest BCUT2D eigenvalue weighted by Gasteiger charge is -2.16. The molecule has 23 heavy (non-hydrogen) atoms. The van der Waals surface area contributed by atoms with Gasteiger partial charge in [0.2, 0.25) is 5.91 Å². The molecule has 0 bridgehead atoms. The highest BCUT2D eigenvalue weighted by molar-refractivity contribution is 7.99. The SMILES string of the molecule is CC(C)c1ccccc1NC(=O)[C@H](C)SCc1ccc(Cl)cc1. The summed E-state index contributed by atoms with van der Waals surface area (Å²) in [4.78, 5) is 12.4. The molecule has 0 fully saturated rings. The zero-order chi connectivity index (χ0) is 16.8. The average Bonchev–Trinajstić information content (AvgIpc) is 2.54. The molecule has 0 unspecified atom stereocenters. The van der Waals surface area contributed by atoms with Crippen molar-refractivity contribution in [1.29, 1.82) is 0 Å². The minimum atomic E-state index is -0.120. The van der Waals surface area contributed by atoms with Crippen molar-refractivity contribution in [3.05, 3.63) is 64.7 Å². The number of thioether (sulfide) groups is 1. The Balaban J connectivity index is 1.94. The van der Waals surface area contributed by atoms with E-state index in [0.717, 1.165) is 22.0 Å². The third kappa shape index (κ3) is 5.29. The number of carbonyl (C=O) groups excluding carboxylic acids is 1. The van der Waals surface area contributed by atoms with Crippen LogP contribution in [0.3, 0.4) is 0 Å². The number of rotatable bonds is 6. The molecule has 0 aromatic heterocycles. The number of anilines is 1. The number of amides is 1. The quantitative estimate of drug-likeness (QED) is 0.723. The third-order valence-electron chi connectivity index (χ3n) is 3.62. The molecule has 4 heteroatoms. The summed E-state index contributed by atoms with van der Waals surface area (Å²) in [6.45, 7) is 6.20. The number of benzene rings is 2. The van der Waals surface area contributed by atoms with Crippen molar-refractivity contribution in [1.82, 2.24) is 0 Å². The lowest BCUT2D eigenvalue weighted by Crippen LogP contribution is -2.23. The van der Waals surface area contributed by atoms with Gasteiger partial charge in [-0.1, -0.05) is 55.8 Å². The number of hydrogen-bond acceptors (Lipinski definition) is 2. The average molecular weight is 348 g/mol.